The molecule has 14 heavy (non-hydrogen) atoms. The summed E-state index contributed by atoms with van der Waals surface area (Å²) < 4.78 is 4.47. The maximum absolute atomic E-state index is 11.1. The number of hydrogen-bond donors (Lipinski definition) is 2. The zero-order valence-corrected chi connectivity index (χ0v) is 8.56. The van der Waals surface area contributed by atoms with Crippen LogP contribution in [0.1, 0.15) is 13.3 Å². The van der Waals surface area contributed by atoms with Crippen molar-refractivity contribution in [3.63, 3.8) is 0 Å². The van der Waals surface area contributed by atoms with Crippen molar-refractivity contribution >= 4 is 5.97 Å². The molecule has 1 saturated heterocycles. The minimum Gasteiger partial charge on any atom is -0.467 e. The second-order valence-corrected chi connectivity index (χ2v) is 3.94. The number of ether oxygens (including phenoxy) is 1. The van der Waals surface area contributed by atoms with Crippen LogP contribution in [0.3, 0.4) is 0 Å². The Morgan fingerprint density at radius 3 is 2.79 bits per heavy atom. The number of β-amino-alcohol motifs (C(OH)–C–C–N with tert-alkyl or cyclic N) is 2. The summed E-state index contributed by atoms with van der Waals surface area (Å²) in [5, 5.41) is 19.0. The molecule has 5 nitrogen and oxygen atoms in total. The fraction of sp³-hybridized carbons (Fsp3) is 0.889. The van der Waals surface area contributed by atoms with Crippen molar-refractivity contribution in [2.75, 3.05) is 26.7 Å². The van der Waals surface area contributed by atoms with Crippen LogP contribution in [-0.4, -0.2) is 59.5 Å². The van der Waals surface area contributed by atoms with E-state index >= 15 is 0 Å². The molecule has 0 aromatic heterocycles. The van der Waals surface area contributed by atoms with Crippen molar-refractivity contribution in [1.29, 1.82) is 0 Å². The summed E-state index contributed by atoms with van der Waals surface area (Å²) >= 11 is 0. The summed E-state index contributed by atoms with van der Waals surface area (Å²) in [7, 11) is 1.25. The minimum absolute atomic E-state index is 0.205. The average molecular weight is 203 g/mol. The molecule has 2 unspecified atom stereocenters. The summed E-state index contributed by atoms with van der Waals surface area (Å²) in [6.07, 6.45) is 0.348. The average Bonchev–Trinajstić information content (AvgIpc) is 2.48. The largest absolute Gasteiger partial charge is 0.467 e. The first-order valence-corrected chi connectivity index (χ1v) is 4.67. The van der Waals surface area contributed by atoms with Crippen LogP contribution in [0.25, 0.3) is 0 Å². The van der Waals surface area contributed by atoms with Crippen LogP contribution in [0, 0.1) is 0 Å². The van der Waals surface area contributed by atoms with Gasteiger partial charge in [-0.15, -0.1) is 0 Å². The van der Waals surface area contributed by atoms with Crippen molar-refractivity contribution in [1.82, 2.24) is 4.90 Å². The van der Waals surface area contributed by atoms with Crippen molar-refractivity contribution in [3.8, 4) is 0 Å². The van der Waals surface area contributed by atoms with Gasteiger partial charge in [-0.2, -0.15) is 0 Å². The van der Waals surface area contributed by atoms with Crippen molar-refractivity contribution in [3.05, 3.63) is 0 Å². The maximum Gasteiger partial charge on any atom is 0.338 e. The number of esters is 1. The van der Waals surface area contributed by atoms with Crippen LogP contribution in [0.4, 0.5) is 0 Å². The fourth-order valence-electron chi connectivity index (χ4n) is 1.68. The smallest absolute Gasteiger partial charge is 0.338 e. The Morgan fingerprint density at radius 1 is 1.71 bits per heavy atom. The number of methoxy groups -OCH3 is 1. The molecule has 0 spiro atoms. The molecule has 1 aliphatic heterocycles. The molecule has 0 amide bonds. The Bertz CT molecular complexity index is 217. The van der Waals surface area contributed by atoms with Gasteiger partial charge in [-0.3, -0.25) is 4.90 Å². The monoisotopic (exact) mass is 203 g/mol. The van der Waals surface area contributed by atoms with E-state index in [1.807, 2.05) is 4.90 Å². The van der Waals surface area contributed by atoms with Gasteiger partial charge in [0.25, 0.3) is 0 Å². The van der Waals surface area contributed by atoms with E-state index < -0.39 is 11.6 Å². The molecule has 0 aliphatic carbocycles. The molecule has 1 aliphatic rings. The van der Waals surface area contributed by atoms with Gasteiger partial charge >= 0.3 is 5.97 Å². The summed E-state index contributed by atoms with van der Waals surface area (Å²) in [6.45, 7) is 2.84. The second kappa shape index (κ2) is 4.25. The van der Waals surface area contributed by atoms with Gasteiger partial charge in [-0.1, -0.05) is 0 Å². The van der Waals surface area contributed by atoms with Gasteiger partial charge in [0.1, 0.15) is 0 Å². The number of rotatable bonds is 3. The lowest BCUT2D eigenvalue weighted by molar-refractivity contribution is -0.162. The van der Waals surface area contributed by atoms with E-state index in [0.29, 0.717) is 19.5 Å². The molecule has 0 aromatic carbocycles. The molecule has 1 rings (SSSR count). The molecule has 0 radical (unpaired) electrons. The van der Waals surface area contributed by atoms with Gasteiger partial charge in [-0.05, 0) is 13.3 Å². The van der Waals surface area contributed by atoms with Crippen molar-refractivity contribution < 1.29 is 19.7 Å². The van der Waals surface area contributed by atoms with Gasteiger partial charge < -0.3 is 14.9 Å². The SMILES string of the molecule is COC(=O)C(C)(O)CN1CCC(O)C1. The lowest BCUT2D eigenvalue weighted by Gasteiger charge is -2.25. The number of carbonyl (C=O) groups is 1. The van der Waals surface area contributed by atoms with Crippen molar-refractivity contribution in [2.45, 2.75) is 25.0 Å². The Hall–Kier alpha value is -0.650. The van der Waals surface area contributed by atoms with Crippen molar-refractivity contribution in [2.24, 2.45) is 0 Å². The van der Waals surface area contributed by atoms with Crippen LogP contribution in [-0.2, 0) is 9.53 Å². The number of likely N-dealkylation sites (tertiary alicyclic amines) is 1. The Kier molecular flexibility index (Phi) is 3.47. The van der Waals surface area contributed by atoms with Crippen LogP contribution >= 0.6 is 0 Å². The van der Waals surface area contributed by atoms with Gasteiger partial charge in [0, 0.05) is 19.6 Å². The Balaban J connectivity index is 2.46. The highest BCUT2D eigenvalue weighted by molar-refractivity contribution is 5.78. The number of aliphatic hydroxyl groups is 2. The second-order valence-electron chi connectivity index (χ2n) is 3.94. The highest BCUT2D eigenvalue weighted by Gasteiger charge is 2.35. The Morgan fingerprint density at radius 2 is 2.36 bits per heavy atom. The fourth-order valence-corrected chi connectivity index (χ4v) is 1.68. The van der Waals surface area contributed by atoms with Crippen LogP contribution < -0.4 is 0 Å². The zero-order valence-electron chi connectivity index (χ0n) is 8.56. The number of carbonyl (C=O) groups excluding carboxylic acids is 1. The van der Waals surface area contributed by atoms with E-state index in [4.69, 9.17) is 0 Å². The van der Waals surface area contributed by atoms with Crippen LogP contribution in [0.5, 0.6) is 0 Å². The lowest BCUT2D eigenvalue weighted by Crippen LogP contribution is -2.46. The van der Waals surface area contributed by atoms with E-state index in [0.717, 1.165) is 0 Å². The van der Waals surface area contributed by atoms with Gasteiger partial charge in [0.15, 0.2) is 5.60 Å². The number of nitrogens with zero attached hydrogens (tertiary/aromatic N) is 1. The predicted molar refractivity (Wildman–Crippen MR) is 49.7 cm³/mol. The lowest BCUT2D eigenvalue weighted by atomic mass is 10.1. The molecule has 0 saturated carbocycles. The molecular weight excluding hydrogens is 186 g/mol. The standard InChI is InChI=1S/C9H17NO4/c1-9(13,8(12)14-2)6-10-4-3-7(11)5-10/h7,11,13H,3-6H2,1-2H3. The molecule has 82 valence electrons. The van der Waals surface area contributed by atoms with Gasteiger partial charge in [0.05, 0.1) is 13.2 Å². The summed E-state index contributed by atoms with van der Waals surface area (Å²) in [5.74, 6) is -0.640. The minimum atomic E-state index is -1.49. The van der Waals surface area contributed by atoms with E-state index in [-0.39, 0.29) is 12.6 Å². The number of aliphatic hydroxyl groups excluding tert-OH is 1. The molecule has 5 heteroatoms. The van der Waals surface area contributed by atoms with E-state index in [2.05, 4.69) is 4.74 Å². The summed E-state index contributed by atoms with van der Waals surface area (Å²) in [4.78, 5) is 13.0. The normalized spacial score (nSPS) is 27.3. The quantitative estimate of drug-likeness (QED) is 0.574. The highest BCUT2D eigenvalue weighted by Crippen LogP contribution is 2.14. The number of hydrogen-bond acceptors (Lipinski definition) is 5. The molecule has 0 aromatic rings. The zero-order chi connectivity index (χ0) is 10.8. The molecule has 2 N–H and O–H groups in total. The molecule has 0 bridgehead atoms. The first-order valence-electron chi connectivity index (χ1n) is 4.67. The summed E-state index contributed by atoms with van der Waals surface area (Å²) in [5.41, 5.74) is -1.49. The van der Waals surface area contributed by atoms with Crippen LogP contribution in [0.15, 0.2) is 0 Å². The topological polar surface area (TPSA) is 70.0 Å². The predicted octanol–water partition coefficient (Wildman–Crippen LogP) is -1.02. The van der Waals surface area contributed by atoms with Gasteiger partial charge in [0.2, 0.25) is 0 Å². The first kappa shape index (κ1) is 11.4. The third-order valence-corrected chi connectivity index (χ3v) is 2.40. The van der Waals surface area contributed by atoms with Crippen LogP contribution in [0.2, 0.25) is 0 Å². The molecule has 1 fully saturated rings. The Labute approximate surface area is 83.3 Å². The van der Waals surface area contributed by atoms with E-state index in [1.54, 1.807) is 0 Å². The third kappa shape index (κ3) is 2.67. The third-order valence-electron chi connectivity index (χ3n) is 2.40. The van der Waals surface area contributed by atoms with E-state index in [9.17, 15) is 15.0 Å². The molecular formula is C9H17NO4. The maximum atomic E-state index is 11.1. The summed E-state index contributed by atoms with van der Waals surface area (Å²) in [6, 6.07) is 0. The first-order chi connectivity index (χ1) is 6.45. The molecule has 1 heterocycles. The van der Waals surface area contributed by atoms with E-state index in [1.165, 1.54) is 14.0 Å². The molecule has 2 atom stereocenters. The highest BCUT2D eigenvalue weighted by atomic mass is 16.5. The van der Waals surface area contributed by atoms with Gasteiger partial charge in [-0.25, -0.2) is 4.79 Å².